The minimum absolute atomic E-state index is 0.145. The number of hydrogen-bond acceptors (Lipinski definition) is 5. The zero-order chi connectivity index (χ0) is 16.3. The summed E-state index contributed by atoms with van der Waals surface area (Å²) >= 11 is 0. The molecule has 1 N–H and O–H groups in total. The number of esters is 1. The number of ether oxygens (including phenoxy) is 3. The second kappa shape index (κ2) is 6.32. The zero-order valence-corrected chi connectivity index (χ0v) is 13.9. The third-order valence-electron chi connectivity index (χ3n) is 3.06. The minimum atomic E-state index is -0.733. The minimum Gasteiger partial charge on any atom is -0.460 e. The summed E-state index contributed by atoms with van der Waals surface area (Å²) in [7, 11) is 0. The molecule has 0 aliphatic carbocycles. The van der Waals surface area contributed by atoms with E-state index in [4.69, 9.17) is 14.2 Å². The van der Waals surface area contributed by atoms with Crippen LogP contribution in [0.1, 0.15) is 48.0 Å². The van der Waals surface area contributed by atoms with Crippen molar-refractivity contribution in [3.8, 4) is 0 Å². The van der Waals surface area contributed by atoms with Gasteiger partial charge in [0.25, 0.3) is 0 Å². The van der Waals surface area contributed by atoms with Crippen molar-refractivity contribution in [2.45, 2.75) is 59.4 Å². The average molecular weight is 301 g/mol. The standard InChI is InChI=1S/C15H27NO5/c1-13(2,3)21-11(17)7-8-16-12(18)15(6)9-19-14(4,5)20-10-15/h7-10H2,1-6H3,(H,16,18). The molecule has 1 aliphatic rings. The molecule has 0 radical (unpaired) electrons. The lowest BCUT2D eigenvalue weighted by atomic mass is 9.90. The Balaban J connectivity index is 2.36. The SMILES string of the molecule is CC(C)(C)OC(=O)CCNC(=O)C1(C)COC(C)(C)OC1. The van der Waals surface area contributed by atoms with Crippen LogP contribution in [0.15, 0.2) is 0 Å². The van der Waals surface area contributed by atoms with Gasteiger partial charge in [-0.25, -0.2) is 0 Å². The van der Waals surface area contributed by atoms with E-state index >= 15 is 0 Å². The molecular formula is C15H27NO5. The van der Waals surface area contributed by atoms with E-state index in [9.17, 15) is 9.59 Å². The van der Waals surface area contributed by atoms with Gasteiger partial charge in [0.2, 0.25) is 5.91 Å². The van der Waals surface area contributed by atoms with Crippen molar-refractivity contribution >= 4 is 11.9 Å². The molecule has 1 amide bonds. The van der Waals surface area contributed by atoms with E-state index in [1.54, 1.807) is 6.92 Å². The monoisotopic (exact) mass is 301 g/mol. The van der Waals surface area contributed by atoms with Crippen LogP contribution >= 0.6 is 0 Å². The van der Waals surface area contributed by atoms with Crippen molar-refractivity contribution in [3.63, 3.8) is 0 Å². The molecular weight excluding hydrogens is 274 g/mol. The van der Waals surface area contributed by atoms with Crippen LogP contribution in [-0.2, 0) is 23.8 Å². The molecule has 0 bridgehead atoms. The lowest BCUT2D eigenvalue weighted by Gasteiger charge is -2.40. The van der Waals surface area contributed by atoms with E-state index in [0.29, 0.717) is 0 Å². The molecule has 1 aliphatic heterocycles. The maximum absolute atomic E-state index is 12.2. The Labute approximate surface area is 126 Å². The zero-order valence-electron chi connectivity index (χ0n) is 13.9. The first kappa shape index (κ1) is 17.9. The average Bonchev–Trinajstić information content (AvgIpc) is 2.31. The lowest BCUT2D eigenvalue weighted by Crippen LogP contribution is -2.53. The quantitative estimate of drug-likeness (QED) is 0.799. The van der Waals surface area contributed by atoms with Crippen LogP contribution in [0, 0.1) is 5.41 Å². The summed E-state index contributed by atoms with van der Waals surface area (Å²) in [6, 6.07) is 0. The maximum Gasteiger partial charge on any atom is 0.308 e. The van der Waals surface area contributed by atoms with Crippen LogP contribution in [-0.4, -0.2) is 43.0 Å². The summed E-state index contributed by atoms with van der Waals surface area (Å²) in [6.45, 7) is 11.7. The molecule has 0 aromatic rings. The van der Waals surface area contributed by atoms with E-state index < -0.39 is 16.8 Å². The van der Waals surface area contributed by atoms with Gasteiger partial charge in [-0.1, -0.05) is 0 Å². The van der Waals surface area contributed by atoms with Crippen molar-refractivity contribution in [1.29, 1.82) is 0 Å². The molecule has 0 unspecified atom stereocenters. The highest BCUT2D eigenvalue weighted by Gasteiger charge is 2.41. The number of amides is 1. The van der Waals surface area contributed by atoms with Gasteiger partial charge in [0.05, 0.1) is 25.0 Å². The molecule has 1 heterocycles. The van der Waals surface area contributed by atoms with Gasteiger partial charge >= 0.3 is 5.97 Å². The first-order valence-electron chi connectivity index (χ1n) is 7.22. The Morgan fingerprint density at radius 2 is 1.67 bits per heavy atom. The fraction of sp³-hybridized carbons (Fsp3) is 0.867. The highest BCUT2D eigenvalue weighted by molar-refractivity contribution is 5.83. The van der Waals surface area contributed by atoms with Crippen molar-refractivity contribution in [2.24, 2.45) is 5.41 Å². The van der Waals surface area contributed by atoms with Crippen LogP contribution in [0.5, 0.6) is 0 Å². The predicted octanol–water partition coefficient (Wildman–Crippen LogP) is 1.62. The van der Waals surface area contributed by atoms with Crippen molar-refractivity contribution in [2.75, 3.05) is 19.8 Å². The number of hydrogen-bond donors (Lipinski definition) is 1. The lowest BCUT2D eigenvalue weighted by molar-refractivity contribution is -0.277. The van der Waals surface area contributed by atoms with Gasteiger partial charge < -0.3 is 19.5 Å². The van der Waals surface area contributed by atoms with E-state index in [1.165, 1.54) is 0 Å². The Kier molecular flexibility index (Phi) is 5.39. The second-order valence-electron chi connectivity index (χ2n) is 7.13. The molecule has 21 heavy (non-hydrogen) atoms. The number of rotatable bonds is 4. The van der Waals surface area contributed by atoms with Crippen LogP contribution < -0.4 is 5.32 Å². The van der Waals surface area contributed by atoms with Crippen LogP contribution in [0.2, 0.25) is 0 Å². The van der Waals surface area contributed by atoms with Gasteiger partial charge in [0.15, 0.2) is 5.79 Å². The molecule has 6 nitrogen and oxygen atoms in total. The van der Waals surface area contributed by atoms with Gasteiger partial charge in [-0.05, 0) is 41.5 Å². The molecule has 6 heteroatoms. The van der Waals surface area contributed by atoms with Crippen LogP contribution in [0.3, 0.4) is 0 Å². The van der Waals surface area contributed by atoms with E-state index in [2.05, 4.69) is 5.32 Å². The Morgan fingerprint density at radius 1 is 1.14 bits per heavy atom. The van der Waals surface area contributed by atoms with Gasteiger partial charge in [-0.3, -0.25) is 9.59 Å². The number of carbonyl (C=O) groups is 2. The molecule has 0 aromatic heterocycles. The topological polar surface area (TPSA) is 73.9 Å². The van der Waals surface area contributed by atoms with Gasteiger partial charge in [0, 0.05) is 6.54 Å². The molecule has 0 atom stereocenters. The van der Waals surface area contributed by atoms with E-state index in [-0.39, 0.29) is 38.1 Å². The molecule has 0 saturated carbocycles. The van der Waals surface area contributed by atoms with E-state index in [0.717, 1.165) is 0 Å². The fourth-order valence-electron chi connectivity index (χ4n) is 1.76. The largest absolute Gasteiger partial charge is 0.460 e. The summed E-state index contributed by atoms with van der Waals surface area (Å²) in [5.41, 5.74) is -1.24. The summed E-state index contributed by atoms with van der Waals surface area (Å²) < 4.78 is 16.2. The normalized spacial score (nSPS) is 20.7. The third-order valence-corrected chi connectivity index (χ3v) is 3.06. The number of nitrogens with one attached hydrogen (secondary N) is 1. The molecule has 0 aromatic carbocycles. The summed E-state index contributed by atoms with van der Waals surface area (Å²) in [5.74, 6) is -1.16. The summed E-state index contributed by atoms with van der Waals surface area (Å²) in [5, 5.41) is 2.74. The Hall–Kier alpha value is -1.14. The summed E-state index contributed by atoms with van der Waals surface area (Å²) in [4.78, 5) is 23.7. The Bertz CT molecular complexity index is 387. The third kappa shape index (κ3) is 6.01. The fourth-order valence-corrected chi connectivity index (χ4v) is 1.76. The molecule has 1 fully saturated rings. The van der Waals surface area contributed by atoms with Crippen molar-refractivity contribution in [3.05, 3.63) is 0 Å². The second-order valence-corrected chi connectivity index (χ2v) is 7.13. The Morgan fingerprint density at radius 3 is 2.14 bits per heavy atom. The van der Waals surface area contributed by atoms with Crippen molar-refractivity contribution in [1.82, 2.24) is 5.32 Å². The van der Waals surface area contributed by atoms with Crippen LogP contribution in [0.4, 0.5) is 0 Å². The first-order chi connectivity index (χ1) is 9.44. The maximum atomic E-state index is 12.2. The van der Waals surface area contributed by atoms with Crippen molar-refractivity contribution < 1.29 is 23.8 Å². The smallest absolute Gasteiger partial charge is 0.308 e. The molecule has 1 rings (SSSR count). The van der Waals surface area contributed by atoms with Gasteiger partial charge in [-0.2, -0.15) is 0 Å². The molecule has 0 spiro atoms. The first-order valence-corrected chi connectivity index (χ1v) is 7.22. The predicted molar refractivity (Wildman–Crippen MR) is 77.6 cm³/mol. The van der Waals surface area contributed by atoms with Gasteiger partial charge in [-0.15, -0.1) is 0 Å². The number of carbonyl (C=O) groups excluding carboxylic acids is 2. The van der Waals surface area contributed by atoms with Gasteiger partial charge in [0.1, 0.15) is 5.60 Å². The van der Waals surface area contributed by atoms with Crippen LogP contribution in [0.25, 0.3) is 0 Å². The van der Waals surface area contributed by atoms with E-state index in [1.807, 2.05) is 34.6 Å². The molecule has 122 valence electrons. The highest BCUT2D eigenvalue weighted by atomic mass is 16.7. The molecule has 1 saturated heterocycles. The highest BCUT2D eigenvalue weighted by Crippen LogP contribution is 2.29. The summed E-state index contributed by atoms with van der Waals surface area (Å²) in [6.07, 6.45) is 0.145.